The molecule has 0 radical (unpaired) electrons. The van der Waals surface area contributed by atoms with Gasteiger partial charge in [0.05, 0.1) is 5.69 Å². The van der Waals surface area contributed by atoms with Crippen molar-refractivity contribution in [2.45, 2.75) is 10.6 Å². The third-order valence-corrected chi connectivity index (χ3v) is 5.47. The van der Waals surface area contributed by atoms with Crippen LogP contribution >= 0.6 is 11.8 Å². The summed E-state index contributed by atoms with van der Waals surface area (Å²) in [5.74, 6) is -0.269. The standard InChI is InChI=1S/C23H16F2N2O2S/c24-17-11-9-15(10-12-17)21-13-20(27-29-21)23(28)26-19-7-3-4-8-22(19)30-14-16-5-1-2-6-18(16)25/h1-13H,14H2,(H,26,28). The predicted molar refractivity (Wildman–Crippen MR) is 112 cm³/mol. The van der Waals surface area contributed by atoms with Gasteiger partial charge in [0, 0.05) is 22.3 Å². The molecular weight excluding hydrogens is 406 g/mol. The third-order valence-electron chi connectivity index (χ3n) is 4.35. The van der Waals surface area contributed by atoms with E-state index in [0.717, 1.165) is 4.90 Å². The molecule has 0 unspecified atom stereocenters. The van der Waals surface area contributed by atoms with Gasteiger partial charge in [0.1, 0.15) is 11.6 Å². The van der Waals surface area contributed by atoms with Crippen LogP contribution in [-0.2, 0) is 5.75 Å². The number of aromatic nitrogens is 1. The summed E-state index contributed by atoms with van der Waals surface area (Å²) >= 11 is 1.42. The van der Waals surface area contributed by atoms with Gasteiger partial charge in [-0.25, -0.2) is 8.78 Å². The zero-order chi connectivity index (χ0) is 20.9. The Balaban J connectivity index is 1.47. The molecule has 0 saturated heterocycles. The van der Waals surface area contributed by atoms with Crippen LogP contribution in [0.15, 0.2) is 88.3 Å². The van der Waals surface area contributed by atoms with Gasteiger partial charge in [-0.05, 0) is 48.0 Å². The minimum atomic E-state index is -0.439. The highest BCUT2D eigenvalue weighted by Crippen LogP contribution is 2.31. The fourth-order valence-electron chi connectivity index (χ4n) is 2.79. The predicted octanol–water partition coefficient (Wildman–Crippen LogP) is 6.16. The normalized spacial score (nSPS) is 10.7. The fraction of sp³-hybridized carbons (Fsp3) is 0.0435. The molecule has 7 heteroatoms. The second kappa shape index (κ2) is 8.92. The van der Waals surface area contributed by atoms with Crippen LogP contribution in [0, 0.1) is 11.6 Å². The second-order valence-electron chi connectivity index (χ2n) is 6.41. The summed E-state index contributed by atoms with van der Waals surface area (Å²) in [5, 5.41) is 6.62. The lowest BCUT2D eigenvalue weighted by Gasteiger charge is -2.10. The maximum Gasteiger partial charge on any atom is 0.277 e. The first-order valence-electron chi connectivity index (χ1n) is 9.09. The maximum absolute atomic E-state index is 13.9. The Bertz CT molecular complexity index is 1180. The molecule has 1 N–H and O–H groups in total. The minimum Gasteiger partial charge on any atom is -0.355 e. The molecule has 0 fully saturated rings. The number of amides is 1. The van der Waals surface area contributed by atoms with Crippen LogP contribution in [0.1, 0.15) is 16.1 Å². The van der Waals surface area contributed by atoms with Crippen LogP contribution in [0.3, 0.4) is 0 Å². The molecule has 1 heterocycles. The van der Waals surface area contributed by atoms with Crippen LogP contribution < -0.4 is 5.32 Å². The molecule has 3 aromatic carbocycles. The first-order valence-corrected chi connectivity index (χ1v) is 10.1. The number of thioether (sulfide) groups is 1. The molecule has 0 aliphatic heterocycles. The van der Waals surface area contributed by atoms with Crippen LogP contribution in [0.5, 0.6) is 0 Å². The van der Waals surface area contributed by atoms with E-state index in [0.29, 0.717) is 28.3 Å². The Kier molecular flexibility index (Phi) is 5.90. The quantitative estimate of drug-likeness (QED) is 0.378. The summed E-state index contributed by atoms with van der Waals surface area (Å²) in [6.45, 7) is 0. The van der Waals surface area contributed by atoms with Crippen molar-refractivity contribution in [3.8, 4) is 11.3 Å². The van der Waals surface area contributed by atoms with E-state index >= 15 is 0 Å². The van der Waals surface area contributed by atoms with Gasteiger partial charge in [-0.2, -0.15) is 0 Å². The molecule has 0 aliphatic carbocycles. The van der Waals surface area contributed by atoms with Gasteiger partial charge in [-0.3, -0.25) is 4.79 Å². The molecule has 4 aromatic rings. The van der Waals surface area contributed by atoms with E-state index in [1.54, 1.807) is 42.5 Å². The number of hydrogen-bond donors (Lipinski definition) is 1. The lowest BCUT2D eigenvalue weighted by Crippen LogP contribution is -2.12. The highest BCUT2D eigenvalue weighted by Gasteiger charge is 2.16. The second-order valence-corrected chi connectivity index (χ2v) is 7.43. The summed E-state index contributed by atoms with van der Waals surface area (Å²) in [6, 6.07) is 21.1. The van der Waals surface area contributed by atoms with E-state index in [1.807, 2.05) is 12.1 Å². The zero-order valence-electron chi connectivity index (χ0n) is 15.6. The molecule has 0 atom stereocenters. The van der Waals surface area contributed by atoms with E-state index < -0.39 is 5.91 Å². The molecule has 0 bridgehead atoms. The number of hydrogen-bond acceptors (Lipinski definition) is 4. The van der Waals surface area contributed by atoms with Crippen molar-refractivity contribution in [3.63, 3.8) is 0 Å². The summed E-state index contributed by atoms with van der Waals surface area (Å²) < 4.78 is 32.2. The van der Waals surface area contributed by atoms with Crippen LogP contribution in [0.2, 0.25) is 0 Å². The van der Waals surface area contributed by atoms with E-state index in [2.05, 4.69) is 10.5 Å². The van der Waals surface area contributed by atoms with Gasteiger partial charge in [-0.1, -0.05) is 35.5 Å². The molecule has 4 nitrogen and oxygen atoms in total. The zero-order valence-corrected chi connectivity index (χ0v) is 16.5. The lowest BCUT2D eigenvalue weighted by atomic mass is 10.1. The van der Waals surface area contributed by atoms with Crippen molar-refractivity contribution in [2.24, 2.45) is 0 Å². The van der Waals surface area contributed by atoms with Crippen molar-refractivity contribution in [1.82, 2.24) is 5.16 Å². The van der Waals surface area contributed by atoms with Crippen molar-refractivity contribution < 1.29 is 18.1 Å². The van der Waals surface area contributed by atoms with Crippen LogP contribution in [-0.4, -0.2) is 11.1 Å². The van der Waals surface area contributed by atoms with Crippen molar-refractivity contribution in [3.05, 3.63) is 102 Å². The topological polar surface area (TPSA) is 55.1 Å². The average Bonchev–Trinajstić information content (AvgIpc) is 3.25. The van der Waals surface area contributed by atoms with Gasteiger partial charge < -0.3 is 9.84 Å². The van der Waals surface area contributed by atoms with Crippen LogP contribution in [0.25, 0.3) is 11.3 Å². The Labute approximate surface area is 175 Å². The summed E-state index contributed by atoms with van der Waals surface area (Å²) in [6.07, 6.45) is 0. The Morgan fingerprint density at radius 3 is 2.50 bits per heavy atom. The summed E-state index contributed by atoms with van der Waals surface area (Å²) in [5.41, 5.74) is 1.89. The molecule has 0 saturated carbocycles. The molecule has 1 amide bonds. The van der Waals surface area contributed by atoms with Crippen molar-refractivity contribution in [2.75, 3.05) is 5.32 Å². The summed E-state index contributed by atoms with van der Waals surface area (Å²) in [4.78, 5) is 13.4. The van der Waals surface area contributed by atoms with Crippen molar-refractivity contribution in [1.29, 1.82) is 0 Å². The Morgan fingerprint density at radius 2 is 1.70 bits per heavy atom. The summed E-state index contributed by atoms with van der Waals surface area (Å²) in [7, 11) is 0. The third kappa shape index (κ3) is 4.58. The number of benzene rings is 3. The highest BCUT2D eigenvalue weighted by molar-refractivity contribution is 7.98. The molecular formula is C23H16F2N2O2S. The SMILES string of the molecule is O=C(Nc1ccccc1SCc1ccccc1F)c1cc(-c2ccc(F)cc2)on1. The monoisotopic (exact) mass is 422 g/mol. The number of carbonyl (C=O) groups is 1. The smallest absolute Gasteiger partial charge is 0.277 e. The molecule has 0 spiro atoms. The number of nitrogens with one attached hydrogen (secondary N) is 1. The maximum atomic E-state index is 13.9. The largest absolute Gasteiger partial charge is 0.355 e. The van der Waals surface area contributed by atoms with Gasteiger partial charge in [0.2, 0.25) is 0 Å². The molecule has 4 rings (SSSR count). The Morgan fingerprint density at radius 1 is 0.967 bits per heavy atom. The molecule has 0 aliphatic rings. The number of nitrogens with zero attached hydrogens (tertiary/aromatic N) is 1. The average molecular weight is 422 g/mol. The lowest BCUT2D eigenvalue weighted by molar-refractivity contribution is 0.101. The van der Waals surface area contributed by atoms with E-state index in [1.165, 1.54) is 36.0 Å². The highest BCUT2D eigenvalue weighted by atomic mass is 32.2. The van der Waals surface area contributed by atoms with Gasteiger partial charge >= 0.3 is 0 Å². The van der Waals surface area contributed by atoms with Gasteiger partial charge in [0.25, 0.3) is 5.91 Å². The Hall–Kier alpha value is -3.45. The minimum absolute atomic E-state index is 0.100. The number of halogens is 2. The number of rotatable bonds is 6. The van der Waals surface area contributed by atoms with Gasteiger partial charge in [0.15, 0.2) is 11.5 Å². The van der Waals surface area contributed by atoms with Gasteiger partial charge in [-0.15, -0.1) is 11.8 Å². The van der Waals surface area contributed by atoms with Crippen LogP contribution in [0.4, 0.5) is 14.5 Å². The molecule has 1 aromatic heterocycles. The van der Waals surface area contributed by atoms with E-state index in [9.17, 15) is 13.6 Å². The fourth-order valence-corrected chi connectivity index (χ4v) is 3.78. The number of carbonyl (C=O) groups excluding carboxylic acids is 1. The molecule has 30 heavy (non-hydrogen) atoms. The van der Waals surface area contributed by atoms with E-state index in [4.69, 9.17) is 4.52 Å². The molecule has 150 valence electrons. The number of para-hydroxylation sites is 1. The first-order chi connectivity index (χ1) is 14.6. The first kappa shape index (κ1) is 19.8. The number of anilines is 1. The van der Waals surface area contributed by atoms with E-state index in [-0.39, 0.29) is 17.3 Å². The van der Waals surface area contributed by atoms with Crippen molar-refractivity contribution >= 4 is 23.4 Å².